The van der Waals surface area contributed by atoms with Gasteiger partial charge in [0, 0.05) is 13.0 Å². The molecule has 0 aliphatic carbocycles. The molecule has 0 aromatic carbocycles. The number of hydrogen-bond acceptors (Lipinski definition) is 5. The Hall–Kier alpha value is -2.09. The number of nitrogens with one attached hydrogen (secondary N) is 3. The summed E-state index contributed by atoms with van der Waals surface area (Å²) in [6, 6.07) is 3.42. The van der Waals surface area contributed by atoms with Gasteiger partial charge in [-0.25, -0.2) is 4.79 Å². The number of hydrogen-bond donors (Lipinski definition) is 3. The molecule has 0 bridgehead atoms. The van der Waals surface area contributed by atoms with Crippen molar-refractivity contribution in [2.24, 2.45) is 0 Å². The fourth-order valence-corrected chi connectivity index (χ4v) is 2.03. The molecule has 8 heteroatoms. The quantitative estimate of drug-likeness (QED) is 0.567. The first-order chi connectivity index (χ1) is 10.3. The third-order valence-corrected chi connectivity index (χ3v) is 3.18. The summed E-state index contributed by atoms with van der Waals surface area (Å²) < 4.78 is 5.06. The Morgan fingerprint density at radius 2 is 1.95 bits per heavy atom. The summed E-state index contributed by atoms with van der Waals surface area (Å²) in [5, 5.41) is 4.33. The predicted octanol–water partition coefficient (Wildman–Crippen LogP) is 1.81. The van der Waals surface area contributed by atoms with E-state index in [1.807, 2.05) is 0 Å². The summed E-state index contributed by atoms with van der Waals surface area (Å²) >= 11 is 1.29. The fourth-order valence-electron chi connectivity index (χ4n) is 1.41. The molecule has 3 N–H and O–H groups in total. The zero-order valence-electron chi connectivity index (χ0n) is 12.9. The molecule has 1 heterocycles. The summed E-state index contributed by atoms with van der Waals surface area (Å²) in [6.45, 7) is 5.64. The number of thiophene rings is 1. The molecule has 0 unspecified atom stereocenters. The minimum Gasteiger partial charge on any atom is -0.444 e. The third kappa shape index (κ3) is 7.63. The summed E-state index contributed by atoms with van der Waals surface area (Å²) in [6.07, 6.45) is 0.111. The first kappa shape index (κ1) is 18.0. The number of alkyl carbamates (subject to hydrolysis) is 1. The van der Waals surface area contributed by atoms with Crippen LogP contribution in [0.4, 0.5) is 4.79 Å². The van der Waals surface area contributed by atoms with E-state index in [0.717, 1.165) is 0 Å². The molecule has 1 rings (SSSR count). The minimum atomic E-state index is -0.548. The summed E-state index contributed by atoms with van der Waals surface area (Å²) in [4.78, 5) is 35.0. The molecule has 1 aromatic heterocycles. The van der Waals surface area contributed by atoms with Crippen LogP contribution in [0.1, 0.15) is 43.3 Å². The van der Waals surface area contributed by atoms with Crippen LogP contribution in [0.5, 0.6) is 0 Å². The number of hydrazine groups is 1. The second-order valence-corrected chi connectivity index (χ2v) is 6.46. The smallest absolute Gasteiger partial charge is 0.407 e. The van der Waals surface area contributed by atoms with Gasteiger partial charge in [0.2, 0.25) is 5.91 Å². The first-order valence-electron chi connectivity index (χ1n) is 6.87. The van der Waals surface area contributed by atoms with Crippen LogP contribution in [0.15, 0.2) is 17.5 Å². The van der Waals surface area contributed by atoms with Gasteiger partial charge in [-0.05, 0) is 38.6 Å². The molecule has 0 spiro atoms. The van der Waals surface area contributed by atoms with E-state index in [1.165, 1.54) is 11.3 Å². The lowest BCUT2D eigenvalue weighted by molar-refractivity contribution is -0.121. The Morgan fingerprint density at radius 3 is 2.55 bits per heavy atom. The van der Waals surface area contributed by atoms with Crippen molar-refractivity contribution < 1.29 is 19.1 Å². The Labute approximate surface area is 133 Å². The monoisotopic (exact) mass is 327 g/mol. The zero-order chi connectivity index (χ0) is 16.6. The maximum atomic E-state index is 11.6. The van der Waals surface area contributed by atoms with E-state index in [0.29, 0.717) is 17.8 Å². The van der Waals surface area contributed by atoms with Crippen LogP contribution in [-0.2, 0) is 9.53 Å². The van der Waals surface area contributed by atoms with Crippen molar-refractivity contribution >= 4 is 29.2 Å². The average Bonchev–Trinajstić information content (AvgIpc) is 2.93. The number of carbonyl (C=O) groups is 3. The predicted molar refractivity (Wildman–Crippen MR) is 83.4 cm³/mol. The number of ether oxygens (including phenoxy) is 1. The van der Waals surface area contributed by atoms with E-state index >= 15 is 0 Å². The highest BCUT2D eigenvalue weighted by atomic mass is 32.1. The van der Waals surface area contributed by atoms with E-state index in [9.17, 15) is 14.4 Å². The summed E-state index contributed by atoms with van der Waals surface area (Å²) in [7, 11) is 0. The average molecular weight is 327 g/mol. The van der Waals surface area contributed by atoms with Crippen LogP contribution in [0.2, 0.25) is 0 Å². The van der Waals surface area contributed by atoms with Gasteiger partial charge in [-0.3, -0.25) is 20.4 Å². The van der Waals surface area contributed by atoms with E-state index in [4.69, 9.17) is 4.74 Å². The van der Waals surface area contributed by atoms with E-state index in [2.05, 4.69) is 16.2 Å². The van der Waals surface area contributed by atoms with Gasteiger partial charge in [0.15, 0.2) is 0 Å². The van der Waals surface area contributed by atoms with Gasteiger partial charge in [-0.1, -0.05) is 6.07 Å². The van der Waals surface area contributed by atoms with Crippen molar-refractivity contribution in [1.82, 2.24) is 16.2 Å². The molecule has 0 saturated heterocycles. The number of rotatable bonds is 5. The van der Waals surface area contributed by atoms with Crippen LogP contribution >= 0.6 is 11.3 Å². The van der Waals surface area contributed by atoms with Gasteiger partial charge in [0.05, 0.1) is 4.88 Å². The summed E-state index contributed by atoms with van der Waals surface area (Å²) in [5.41, 5.74) is 4.10. The second kappa shape index (κ2) is 8.38. The highest BCUT2D eigenvalue weighted by Gasteiger charge is 2.15. The van der Waals surface area contributed by atoms with Crippen molar-refractivity contribution in [2.45, 2.75) is 39.2 Å². The van der Waals surface area contributed by atoms with Gasteiger partial charge in [-0.2, -0.15) is 0 Å². The molecule has 0 atom stereocenters. The molecular weight excluding hydrogens is 306 g/mol. The molecule has 0 aliphatic heterocycles. The standard InChI is InChI=1S/C14H21N3O4S/c1-14(2,3)21-13(20)15-8-4-7-11(18)16-17-12(19)10-6-5-9-22-10/h5-6,9H,4,7-8H2,1-3H3,(H,15,20)(H,16,18)(H,17,19). The van der Waals surface area contributed by atoms with Crippen LogP contribution in [-0.4, -0.2) is 30.1 Å². The molecule has 122 valence electrons. The van der Waals surface area contributed by atoms with Crippen LogP contribution in [0, 0.1) is 0 Å². The number of carbonyl (C=O) groups excluding carboxylic acids is 3. The van der Waals surface area contributed by atoms with Gasteiger partial charge < -0.3 is 10.1 Å². The molecule has 0 radical (unpaired) electrons. The largest absolute Gasteiger partial charge is 0.444 e. The molecule has 1 aromatic rings. The van der Waals surface area contributed by atoms with Crippen molar-refractivity contribution in [2.75, 3.05) is 6.54 Å². The maximum Gasteiger partial charge on any atom is 0.407 e. The molecule has 0 aliphatic rings. The minimum absolute atomic E-state index is 0.181. The van der Waals surface area contributed by atoms with Crippen molar-refractivity contribution in [3.8, 4) is 0 Å². The molecular formula is C14H21N3O4S. The van der Waals surface area contributed by atoms with Gasteiger partial charge in [0.25, 0.3) is 5.91 Å². The summed E-state index contributed by atoms with van der Waals surface area (Å²) in [5.74, 6) is -0.675. The first-order valence-corrected chi connectivity index (χ1v) is 7.75. The van der Waals surface area contributed by atoms with Crippen LogP contribution in [0.25, 0.3) is 0 Å². The fraction of sp³-hybridized carbons (Fsp3) is 0.500. The van der Waals surface area contributed by atoms with E-state index in [-0.39, 0.29) is 18.2 Å². The van der Waals surface area contributed by atoms with E-state index < -0.39 is 11.7 Å². The Balaban J connectivity index is 2.11. The number of amides is 3. The molecule has 22 heavy (non-hydrogen) atoms. The normalized spacial score (nSPS) is 10.7. The van der Waals surface area contributed by atoms with Crippen molar-refractivity contribution in [3.05, 3.63) is 22.4 Å². The highest BCUT2D eigenvalue weighted by molar-refractivity contribution is 7.12. The lowest BCUT2D eigenvalue weighted by atomic mass is 10.2. The molecule has 0 saturated carbocycles. The van der Waals surface area contributed by atoms with Crippen molar-refractivity contribution in [1.29, 1.82) is 0 Å². The zero-order valence-corrected chi connectivity index (χ0v) is 13.7. The third-order valence-electron chi connectivity index (χ3n) is 2.31. The maximum absolute atomic E-state index is 11.6. The van der Waals surface area contributed by atoms with Crippen molar-refractivity contribution in [3.63, 3.8) is 0 Å². The Bertz CT molecular complexity index is 509. The van der Waals surface area contributed by atoms with Gasteiger partial charge in [-0.15, -0.1) is 11.3 Å². The van der Waals surface area contributed by atoms with Gasteiger partial charge in [0.1, 0.15) is 5.60 Å². The lowest BCUT2D eigenvalue weighted by Gasteiger charge is -2.19. The highest BCUT2D eigenvalue weighted by Crippen LogP contribution is 2.07. The van der Waals surface area contributed by atoms with Gasteiger partial charge >= 0.3 is 6.09 Å². The van der Waals surface area contributed by atoms with Crippen LogP contribution in [0.3, 0.4) is 0 Å². The second-order valence-electron chi connectivity index (χ2n) is 5.51. The Kier molecular flexibility index (Phi) is 6.84. The topological polar surface area (TPSA) is 96.5 Å². The van der Waals surface area contributed by atoms with E-state index in [1.54, 1.807) is 38.3 Å². The molecule has 7 nitrogen and oxygen atoms in total. The Morgan fingerprint density at radius 1 is 1.23 bits per heavy atom. The van der Waals surface area contributed by atoms with Crippen LogP contribution < -0.4 is 16.2 Å². The lowest BCUT2D eigenvalue weighted by Crippen LogP contribution is -2.41. The SMILES string of the molecule is CC(C)(C)OC(=O)NCCCC(=O)NNC(=O)c1cccs1. The molecule has 3 amide bonds. The molecule has 0 fully saturated rings.